The number of hydrogen-bond donors (Lipinski definition) is 0. The number of allylic oxidation sites excluding steroid dienone is 2. The van der Waals surface area contributed by atoms with E-state index >= 15 is 0 Å². The molecule has 1 aromatic heterocycles. The van der Waals surface area contributed by atoms with E-state index in [9.17, 15) is 10.1 Å². The zero-order chi connectivity index (χ0) is 13.4. The van der Waals surface area contributed by atoms with E-state index in [1.165, 1.54) is 6.42 Å². The molecular formula is C14H15N3O2. The van der Waals surface area contributed by atoms with Gasteiger partial charge in [0.15, 0.2) is 0 Å². The lowest BCUT2D eigenvalue weighted by molar-refractivity contribution is -0.385. The second-order valence-corrected chi connectivity index (χ2v) is 4.96. The lowest BCUT2D eigenvalue weighted by Gasteiger charge is -2.13. The second kappa shape index (κ2) is 4.50. The molecule has 0 unspecified atom stereocenters. The van der Waals surface area contributed by atoms with Gasteiger partial charge in [-0.1, -0.05) is 6.08 Å². The van der Waals surface area contributed by atoms with Gasteiger partial charge in [0.05, 0.1) is 16.0 Å². The van der Waals surface area contributed by atoms with E-state index in [0.29, 0.717) is 0 Å². The first-order valence-electron chi connectivity index (χ1n) is 6.46. The highest BCUT2D eigenvalue weighted by Crippen LogP contribution is 2.35. The molecule has 0 saturated heterocycles. The number of nitro benzene ring substituents is 1. The molecule has 3 rings (SSSR count). The summed E-state index contributed by atoms with van der Waals surface area (Å²) in [6.45, 7) is 0. The van der Waals surface area contributed by atoms with Gasteiger partial charge in [0.1, 0.15) is 0 Å². The zero-order valence-corrected chi connectivity index (χ0v) is 10.8. The van der Waals surface area contributed by atoms with Crippen LogP contribution in [0.4, 0.5) is 5.69 Å². The summed E-state index contributed by atoms with van der Waals surface area (Å²) in [4.78, 5) is 11.0. The molecule has 1 aliphatic carbocycles. The van der Waals surface area contributed by atoms with Crippen LogP contribution in [0.15, 0.2) is 24.4 Å². The molecule has 0 radical (unpaired) electrons. The summed E-state index contributed by atoms with van der Waals surface area (Å²) in [6.07, 6.45) is 8.13. The minimum absolute atomic E-state index is 0.189. The third kappa shape index (κ3) is 2.12. The van der Waals surface area contributed by atoms with Crippen LogP contribution in [0.25, 0.3) is 16.5 Å². The van der Waals surface area contributed by atoms with Crippen LogP contribution in [0.2, 0.25) is 0 Å². The third-order valence-electron chi connectivity index (χ3n) is 3.57. The monoisotopic (exact) mass is 257 g/mol. The summed E-state index contributed by atoms with van der Waals surface area (Å²) < 4.78 is 1.69. The largest absolute Gasteiger partial charge is 0.277 e. The molecule has 0 bridgehead atoms. The van der Waals surface area contributed by atoms with Gasteiger partial charge in [-0.15, -0.1) is 0 Å². The zero-order valence-electron chi connectivity index (χ0n) is 10.8. The van der Waals surface area contributed by atoms with Crippen molar-refractivity contribution in [2.24, 2.45) is 7.05 Å². The van der Waals surface area contributed by atoms with Crippen LogP contribution in [0, 0.1) is 10.1 Å². The van der Waals surface area contributed by atoms with Gasteiger partial charge in [-0.3, -0.25) is 14.8 Å². The van der Waals surface area contributed by atoms with Gasteiger partial charge in [-0.2, -0.15) is 5.10 Å². The number of benzene rings is 1. The Balaban J connectivity index is 2.22. The molecule has 0 spiro atoms. The number of fused-ring (bicyclic) bond motifs is 1. The Bertz CT molecular complexity index is 685. The van der Waals surface area contributed by atoms with Gasteiger partial charge in [0.2, 0.25) is 0 Å². The Morgan fingerprint density at radius 2 is 2.21 bits per heavy atom. The van der Waals surface area contributed by atoms with Crippen molar-refractivity contribution in [2.75, 3.05) is 0 Å². The molecule has 0 aliphatic heterocycles. The molecule has 1 aliphatic rings. The Hall–Kier alpha value is -2.17. The highest BCUT2D eigenvalue weighted by molar-refractivity contribution is 5.88. The predicted octanol–water partition coefficient (Wildman–Crippen LogP) is 3.44. The standard InChI is InChI=1S/C14H15N3O2/c1-16-9-11-7-14(17(18)19)12(8-13(11)15-16)10-5-3-2-4-6-10/h5,7-9H,2-4,6H2,1H3. The average molecular weight is 257 g/mol. The first-order valence-corrected chi connectivity index (χ1v) is 6.46. The maximum Gasteiger partial charge on any atom is 0.277 e. The first-order chi connectivity index (χ1) is 9.15. The van der Waals surface area contributed by atoms with E-state index in [0.717, 1.165) is 41.3 Å². The molecule has 1 heterocycles. The maximum absolute atomic E-state index is 11.3. The number of nitrogens with zero attached hydrogens (tertiary/aromatic N) is 3. The van der Waals surface area contributed by atoms with E-state index in [2.05, 4.69) is 11.2 Å². The Kier molecular flexibility index (Phi) is 2.81. The van der Waals surface area contributed by atoms with E-state index < -0.39 is 0 Å². The van der Waals surface area contributed by atoms with Gasteiger partial charge in [-0.25, -0.2) is 0 Å². The summed E-state index contributed by atoms with van der Waals surface area (Å²) >= 11 is 0. The van der Waals surface area contributed by atoms with E-state index in [1.54, 1.807) is 16.9 Å². The first kappa shape index (κ1) is 11.9. The van der Waals surface area contributed by atoms with Crippen molar-refractivity contribution in [3.63, 3.8) is 0 Å². The molecule has 0 fully saturated rings. The van der Waals surface area contributed by atoms with Crippen LogP contribution >= 0.6 is 0 Å². The van der Waals surface area contributed by atoms with Crippen LogP contribution in [0.1, 0.15) is 31.2 Å². The van der Waals surface area contributed by atoms with Crippen molar-refractivity contribution in [3.05, 3.63) is 40.1 Å². The van der Waals surface area contributed by atoms with Gasteiger partial charge < -0.3 is 0 Å². The molecule has 0 amide bonds. The highest BCUT2D eigenvalue weighted by atomic mass is 16.6. The lowest BCUT2D eigenvalue weighted by atomic mass is 9.92. The highest BCUT2D eigenvalue weighted by Gasteiger charge is 2.20. The lowest BCUT2D eigenvalue weighted by Crippen LogP contribution is -1.98. The minimum atomic E-state index is -0.294. The summed E-state index contributed by atoms with van der Waals surface area (Å²) in [5.74, 6) is 0. The second-order valence-electron chi connectivity index (χ2n) is 4.96. The predicted molar refractivity (Wildman–Crippen MR) is 73.8 cm³/mol. The molecule has 0 saturated carbocycles. The van der Waals surface area contributed by atoms with Gasteiger partial charge in [0, 0.05) is 24.7 Å². The molecule has 2 aromatic rings. The Morgan fingerprint density at radius 1 is 1.37 bits per heavy atom. The molecule has 5 nitrogen and oxygen atoms in total. The summed E-state index contributed by atoms with van der Waals surface area (Å²) in [5, 5.41) is 16.4. The van der Waals surface area contributed by atoms with E-state index in [-0.39, 0.29) is 10.6 Å². The van der Waals surface area contributed by atoms with Gasteiger partial charge in [0.25, 0.3) is 5.69 Å². The fourth-order valence-electron chi connectivity index (χ4n) is 2.67. The number of hydrogen-bond acceptors (Lipinski definition) is 3. The van der Waals surface area contributed by atoms with Gasteiger partial charge in [-0.05, 0) is 37.3 Å². The Morgan fingerprint density at radius 3 is 2.89 bits per heavy atom. The molecule has 1 aromatic carbocycles. The van der Waals surface area contributed by atoms with Crippen LogP contribution in [0.3, 0.4) is 0 Å². The van der Waals surface area contributed by atoms with E-state index in [4.69, 9.17) is 0 Å². The molecule has 0 atom stereocenters. The summed E-state index contributed by atoms with van der Waals surface area (Å²) in [7, 11) is 1.82. The fraction of sp³-hybridized carbons (Fsp3) is 0.357. The number of rotatable bonds is 2. The van der Waals surface area contributed by atoms with E-state index in [1.807, 2.05) is 13.1 Å². The summed E-state index contributed by atoms with van der Waals surface area (Å²) in [5.41, 5.74) is 2.82. The fourth-order valence-corrected chi connectivity index (χ4v) is 2.67. The minimum Gasteiger partial charge on any atom is -0.275 e. The third-order valence-corrected chi connectivity index (χ3v) is 3.57. The topological polar surface area (TPSA) is 61.0 Å². The number of aromatic nitrogens is 2. The molecular weight excluding hydrogens is 242 g/mol. The SMILES string of the molecule is Cn1cc2cc([N+](=O)[O-])c(C3=CCCCC3)cc2n1. The van der Waals surface area contributed by atoms with Crippen LogP contribution in [-0.4, -0.2) is 14.7 Å². The van der Waals surface area contributed by atoms with Crippen LogP contribution < -0.4 is 0 Å². The number of nitro groups is 1. The quantitative estimate of drug-likeness (QED) is 0.611. The van der Waals surface area contributed by atoms with Crippen molar-refractivity contribution in [3.8, 4) is 0 Å². The normalized spacial score (nSPS) is 15.5. The smallest absolute Gasteiger partial charge is 0.275 e. The number of aryl methyl sites for hydroxylation is 1. The molecule has 0 N–H and O–H groups in total. The molecule has 98 valence electrons. The van der Waals surface area contributed by atoms with Crippen molar-refractivity contribution >= 4 is 22.2 Å². The Labute approximate surface area is 110 Å². The van der Waals surface area contributed by atoms with Crippen LogP contribution in [-0.2, 0) is 7.05 Å². The van der Waals surface area contributed by atoms with Crippen molar-refractivity contribution in [1.82, 2.24) is 9.78 Å². The maximum atomic E-state index is 11.3. The average Bonchev–Trinajstić information content (AvgIpc) is 2.77. The van der Waals surface area contributed by atoms with Crippen molar-refractivity contribution in [2.45, 2.75) is 25.7 Å². The molecule has 19 heavy (non-hydrogen) atoms. The van der Waals surface area contributed by atoms with Gasteiger partial charge >= 0.3 is 0 Å². The summed E-state index contributed by atoms with van der Waals surface area (Å²) in [6, 6.07) is 3.48. The van der Waals surface area contributed by atoms with Crippen molar-refractivity contribution in [1.29, 1.82) is 0 Å². The molecule has 5 heteroatoms. The van der Waals surface area contributed by atoms with Crippen LogP contribution in [0.5, 0.6) is 0 Å². The van der Waals surface area contributed by atoms with Crippen molar-refractivity contribution < 1.29 is 4.92 Å².